The summed E-state index contributed by atoms with van der Waals surface area (Å²) in [6, 6.07) is 13.1. The Labute approximate surface area is 145 Å². The van der Waals surface area contributed by atoms with E-state index in [-0.39, 0.29) is 5.91 Å². The van der Waals surface area contributed by atoms with Crippen molar-refractivity contribution in [1.29, 1.82) is 0 Å². The van der Waals surface area contributed by atoms with Crippen LogP contribution in [0.3, 0.4) is 0 Å². The van der Waals surface area contributed by atoms with Crippen molar-refractivity contribution in [2.24, 2.45) is 5.10 Å². The SMILES string of the molecule is O=C(NN=Cc1c[nH]c2ccccc12)c1cc(I)ccc1Cl. The number of amides is 1. The molecule has 0 aliphatic carbocycles. The normalized spacial score (nSPS) is 11.2. The van der Waals surface area contributed by atoms with E-state index in [2.05, 4.69) is 38.1 Å². The van der Waals surface area contributed by atoms with E-state index in [1.807, 2.05) is 36.5 Å². The number of aromatic nitrogens is 1. The predicted octanol–water partition coefficient (Wildman–Crippen LogP) is 4.19. The minimum atomic E-state index is -0.334. The fourth-order valence-corrected chi connectivity index (χ4v) is 2.79. The van der Waals surface area contributed by atoms with Gasteiger partial charge in [0.1, 0.15) is 0 Å². The molecule has 6 heteroatoms. The van der Waals surface area contributed by atoms with Crippen LogP contribution in [0.25, 0.3) is 10.9 Å². The van der Waals surface area contributed by atoms with Crippen molar-refractivity contribution in [3.8, 4) is 0 Å². The first-order chi connectivity index (χ1) is 10.6. The molecule has 1 aromatic heterocycles. The topological polar surface area (TPSA) is 57.2 Å². The first kappa shape index (κ1) is 15.1. The standard InChI is InChI=1S/C16H11ClIN3O/c17-14-6-5-11(18)7-13(14)16(22)21-20-9-10-8-19-15-4-2-1-3-12(10)15/h1-9,19H,(H,21,22). The fourth-order valence-electron chi connectivity index (χ4n) is 2.09. The Hall–Kier alpha value is -1.86. The lowest BCUT2D eigenvalue weighted by Crippen LogP contribution is -2.18. The van der Waals surface area contributed by atoms with Crippen LogP contribution in [-0.4, -0.2) is 17.1 Å². The number of nitrogens with one attached hydrogen (secondary N) is 2. The zero-order valence-electron chi connectivity index (χ0n) is 11.3. The minimum Gasteiger partial charge on any atom is -0.361 e. The molecule has 2 aromatic carbocycles. The maximum absolute atomic E-state index is 12.1. The van der Waals surface area contributed by atoms with Gasteiger partial charge in [-0.05, 0) is 46.9 Å². The molecule has 0 saturated heterocycles. The van der Waals surface area contributed by atoms with Gasteiger partial charge in [-0.1, -0.05) is 29.8 Å². The fraction of sp³-hybridized carbons (Fsp3) is 0. The summed E-state index contributed by atoms with van der Waals surface area (Å²) in [5, 5.41) is 5.46. The predicted molar refractivity (Wildman–Crippen MR) is 97.5 cm³/mol. The Kier molecular flexibility index (Phi) is 4.44. The molecule has 0 aliphatic rings. The van der Waals surface area contributed by atoms with Crippen LogP contribution in [0, 0.1) is 3.57 Å². The third kappa shape index (κ3) is 3.15. The Bertz CT molecular complexity index is 873. The molecule has 1 heterocycles. The Morgan fingerprint density at radius 1 is 1.27 bits per heavy atom. The Morgan fingerprint density at radius 2 is 2.09 bits per heavy atom. The van der Waals surface area contributed by atoms with Gasteiger partial charge in [0.15, 0.2) is 0 Å². The number of aromatic amines is 1. The van der Waals surface area contributed by atoms with Crippen molar-refractivity contribution in [2.45, 2.75) is 0 Å². The quantitative estimate of drug-likeness (QED) is 0.370. The van der Waals surface area contributed by atoms with Crippen molar-refractivity contribution >= 4 is 57.2 Å². The van der Waals surface area contributed by atoms with Crippen molar-refractivity contribution in [2.75, 3.05) is 0 Å². The molecule has 4 nitrogen and oxygen atoms in total. The van der Waals surface area contributed by atoms with Crippen molar-refractivity contribution < 1.29 is 4.79 Å². The summed E-state index contributed by atoms with van der Waals surface area (Å²) in [7, 11) is 0. The molecule has 0 radical (unpaired) electrons. The van der Waals surface area contributed by atoms with Gasteiger partial charge in [-0.15, -0.1) is 0 Å². The smallest absolute Gasteiger partial charge is 0.272 e. The summed E-state index contributed by atoms with van der Waals surface area (Å²) >= 11 is 8.16. The van der Waals surface area contributed by atoms with Crippen molar-refractivity contribution in [3.05, 3.63) is 68.4 Å². The van der Waals surface area contributed by atoms with E-state index < -0.39 is 0 Å². The number of para-hydroxylation sites is 1. The number of hydrazone groups is 1. The molecular weight excluding hydrogens is 413 g/mol. The molecule has 0 saturated carbocycles. The van der Waals surface area contributed by atoms with Crippen LogP contribution >= 0.6 is 34.2 Å². The number of nitrogens with zero attached hydrogens (tertiary/aromatic N) is 1. The van der Waals surface area contributed by atoms with E-state index >= 15 is 0 Å². The second-order valence-corrected chi connectivity index (χ2v) is 6.27. The van der Waals surface area contributed by atoms with Crippen molar-refractivity contribution in [1.82, 2.24) is 10.4 Å². The monoisotopic (exact) mass is 423 g/mol. The molecule has 110 valence electrons. The summed E-state index contributed by atoms with van der Waals surface area (Å²) in [5.74, 6) is -0.334. The summed E-state index contributed by atoms with van der Waals surface area (Å²) in [4.78, 5) is 15.2. The van der Waals surface area contributed by atoms with Crippen molar-refractivity contribution in [3.63, 3.8) is 0 Å². The zero-order chi connectivity index (χ0) is 15.5. The third-order valence-corrected chi connectivity index (χ3v) is 4.16. The third-order valence-electron chi connectivity index (χ3n) is 3.16. The molecule has 22 heavy (non-hydrogen) atoms. The number of hydrogen-bond acceptors (Lipinski definition) is 2. The Balaban J connectivity index is 1.77. The molecule has 3 rings (SSSR count). The zero-order valence-corrected chi connectivity index (χ0v) is 14.2. The van der Waals surface area contributed by atoms with Gasteiger partial charge in [-0.3, -0.25) is 4.79 Å². The molecule has 0 aliphatic heterocycles. The lowest BCUT2D eigenvalue weighted by Gasteiger charge is -2.03. The average molecular weight is 424 g/mol. The maximum atomic E-state index is 12.1. The average Bonchev–Trinajstić information content (AvgIpc) is 2.93. The number of rotatable bonds is 3. The summed E-state index contributed by atoms with van der Waals surface area (Å²) < 4.78 is 0.938. The molecule has 0 spiro atoms. The van der Waals surface area contributed by atoms with Gasteiger partial charge in [0, 0.05) is 26.2 Å². The Morgan fingerprint density at radius 3 is 2.95 bits per heavy atom. The van der Waals surface area contributed by atoms with E-state index in [0.29, 0.717) is 10.6 Å². The molecule has 0 unspecified atom stereocenters. The van der Waals surface area contributed by atoms with Gasteiger partial charge in [-0.25, -0.2) is 5.43 Å². The number of carbonyl (C=O) groups excluding carboxylic acids is 1. The van der Waals surface area contributed by atoms with E-state index in [1.165, 1.54) is 0 Å². The number of halogens is 2. The van der Waals surface area contributed by atoms with Crippen LogP contribution < -0.4 is 5.43 Å². The molecule has 1 amide bonds. The first-order valence-corrected chi connectivity index (χ1v) is 7.95. The largest absolute Gasteiger partial charge is 0.361 e. The van der Waals surface area contributed by atoms with E-state index in [0.717, 1.165) is 20.0 Å². The van der Waals surface area contributed by atoms with Crippen LogP contribution in [0.5, 0.6) is 0 Å². The minimum absolute atomic E-state index is 0.334. The van der Waals surface area contributed by atoms with Gasteiger partial charge in [0.05, 0.1) is 16.8 Å². The highest BCUT2D eigenvalue weighted by Crippen LogP contribution is 2.19. The maximum Gasteiger partial charge on any atom is 0.272 e. The number of fused-ring (bicyclic) bond motifs is 1. The second-order valence-electron chi connectivity index (χ2n) is 4.61. The molecule has 2 N–H and O–H groups in total. The molecule has 0 bridgehead atoms. The molecule has 3 aromatic rings. The molecule has 0 atom stereocenters. The van der Waals surface area contributed by atoms with Crippen LogP contribution in [0.15, 0.2) is 53.8 Å². The van der Waals surface area contributed by atoms with Crippen LogP contribution in [-0.2, 0) is 0 Å². The molecular formula is C16H11ClIN3O. The highest BCUT2D eigenvalue weighted by Gasteiger charge is 2.09. The lowest BCUT2D eigenvalue weighted by molar-refractivity contribution is 0.0955. The first-order valence-electron chi connectivity index (χ1n) is 6.50. The van der Waals surface area contributed by atoms with Crippen LogP contribution in [0.1, 0.15) is 15.9 Å². The summed E-state index contributed by atoms with van der Waals surface area (Å²) in [6.07, 6.45) is 3.46. The highest BCUT2D eigenvalue weighted by atomic mass is 127. The van der Waals surface area contributed by atoms with Gasteiger partial charge in [0.25, 0.3) is 5.91 Å². The van der Waals surface area contributed by atoms with Crippen LogP contribution in [0.2, 0.25) is 5.02 Å². The number of benzene rings is 2. The summed E-state index contributed by atoms with van der Waals surface area (Å²) in [6.45, 7) is 0. The van der Waals surface area contributed by atoms with Crippen LogP contribution in [0.4, 0.5) is 0 Å². The number of carbonyl (C=O) groups is 1. The molecule has 0 fully saturated rings. The second kappa shape index (κ2) is 6.50. The van der Waals surface area contributed by atoms with E-state index in [4.69, 9.17) is 11.6 Å². The van der Waals surface area contributed by atoms with Gasteiger partial charge >= 0.3 is 0 Å². The van der Waals surface area contributed by atoms with Gasteiger partial charge in [-0.2, -0.15) is 5.10 Å². The van der Waals surface area contributed by atoms with Gasteiger partial charge in [0.2, 0.25) is 0 Å². The lowest BCUT2D eigenvalue weighted by atomic mass is 10.2. The van der Waals surface area contributed by atoms with E-state index in [9.17, 15) is 4.79 Å². The highest BCUT2D eigenvalue weighted by molar-refractivity contribution is 14.1. The number of H-pyrrole nitrogens is 1. The summed E-state index contributed by atoms with van der Waals surface area (Å²) in [5.41, 5.74) is 4.84. The number of hydrogen-bond donors (Lipinski definition) is 2. The van der Waals surface area contributed by atoms with Gasteiger partial charge < -0.3 is 4.98 Å². The van der Waals surface area contributed by atoms with E-state index in [1.54, 1.807) is 18.3 Å².